The fourth-order valence-electron chi connectivity index (χ4n) is 3.85. The second kappa shape index (κ2) is 8.29. The maximum Gasteiger partial charge on any atom is 0.252 e. The number of fused-ring (bicyclic) bond motifs is 1. The fraction of sp³-hybridized carbons (Fsp3) is 0.500. The molecule has 0 spiro atoms. The van der Waals surface area contributed by atoms with E-state index in [0.717, 1.165) is 50.4 Å². The molecule has 5 nitrogen and oxygen atoms in total. The Morgan fingerprint density at radius 2 is 2.12 bits per heavy atom. The maximum absolute atomic E-state index is 12.8. The summed E-state index contributed by atoms with van der Waals surface area (Å²) in [4.78, 5) is 21.1. The molecule has 2 aromatic rings. The van der Waals surface area contributed by atoms with Crippen molar-refractivity contribution >= 4 is 17.2 Å². The molecule has 2 aliphatic rings. The summed E-state index contributed by atoms with van der Waals surface area (Å²) >= 11 is 1.74. The Kier molecular flexibility index (Phi) is 5.62. The molecule has 0 bridgehead atoms. The van der Waals surface area contributed by atoms with Gasteiger partial charge in [-0.3, -0.25) is 14.7 Å². The van der Waals surface area contributed by atoms with Crippen molar-refractivity contribution in [2.45, 2.75) is 31.7 Å². The highest BCUT2D eigenvalue weighted by molar-refractivity contribution is 7.10. The van der Waals surface area contributed by atoms with Gasteiger partial charge in [-0.15, -0.1) is 11.3 Å². The van der Waals surface area contributed by atoms with Gasteiger partial charge >= 0.3 is 0 Å². The minimum Gasteiger partial charge on any atom is -0.379 e. The molecule has 1 amide bonds. The molecule has 2 aromatic heterocycles. The average molecular weight is 372 g/mol. The van der Waals surface area contributed by atoms with Crippen LogP contribution in [0.4, 0.5) is 0 Å². The molecule has 0 unspecified atom stereocenters. The number of hydrogen-bond acceptors (Lipinski definition) is 5. The highest BCUT2D eigenvalue weighted by atomic mass is 32.1. The number of nitrogens with one attached hydrogen (secondary N) is 1. The highest BCUT2D eigenvalue weighted by Crippen LogP contribution is 2.30. The molecule has 4 rings (SSSR count). The lowest BCUT2D eigenvalue weighted by Gasteiger charge is -2.34. The molecule has 3 heterocycles. The van der Waals surface area contributed by atoms with Crippen LogP contribution in [0.15, 0.2) is 29.8 Å². The van der Waals surface area contributed by atoms with E-state index >= 15 is 0 Å². The molecule has 1 N–H and O–H groups in total. The quantitative estimate of drug-likeness (QED) is 0.878. The molecule has 1 aliphatic carbocycles. The van der Waals surface area contributed by atoms with Crippen LogP contribution in [-0.4, -0.2) is 48.6 Å². The molecule has 1 fully saturated rings. The Bertz CT molecular complexity index is 741. The molecule has 0 radical (unpaired) electrons. The number of hydrogen-bond donors (Lipinski definition) is 1. The summed E-state index contributed by atoms with van der Waals surface area (Å²) in [7, 11) is 0. The van der Waals surface area contributed by atoms with Crippen LogP contribution in [0.2, 0.25) is 0 Å². The van der Waals surface area contributed by atoms with Crippen LogP contribution in [0.1, 0.15) is 45.4 Å². The van der Waals surface area contributed by atoms with Crippen molar-refractivity contribution < 1.29 is 9.53 Å². The number of aryl methyl sites for hydroxylation is 1. The van der Waals surface area contributed by atoms with Crippen LogP contribution in [0.3, 0.4) is 0 Å². The van der Waals surface area contributed by atoms with Gasteiger partial charge in [0.15, 0.2) is 0 Å². The highest BCUT2D eigenvalue weighted by Gasteiger charge is 2.25. The summed E-state index contributed by atoms with van der Waals surface area (Å²) in [5, 5.41) is 5.21. The van der Waals surface area contributed by atoms with E-state index in [1.54, 1.807) is 11.3 Å². The first-order valence-corrected chi connectivity index (χ1v) is 10.3. The summed E-state index contributed by atoms with van der Waals surface area (Å²) in [6.07, 6.45) is 6.41. The van der Waals surface area contributed by atoms with Gasteiger partial charge in [-0.2, -0.15) is 0 Å². The normalized spacial score (nSPS) is 18.9. The van der Waals surface area contributed by atoms with Gasteiger partial charge in [-0.1, -0.05) is 6.07 Å². The monoisotopic (exact) mass is 371 g/mol. The van der Waals surface area contributed by atoms with Gasteiger partial charge in [-0.25, -0.2) is 0 Å². The minimum atomic E-state index is 0.0543. The van der Waals surface area contributed by atoms with Crippen molar-refractivity contribution in [3.63, 3.8) is 0 Å². The smallest absolute Gasteiger partial charge is 0.252 e. The van der Waals surface area contributed by atoms with Crippen LogP contribution < -0.4 is 5.32 Å². The number of morpholine rings is 1. The van der Waals surface area contributed by atoms with Gasteiger partial charge in [-0.05, 0) is 43.4 Å². The Morgan fingerprint density at radius 3 is 2.92 bits per heavy atom. The molecular weight excluding hydrogens is 346 g/mol. The minimum absolute atomic E-state index is 0.0543. The van der Waals surface area contributed by atoms with Crippen molar-refractivity contribution in [2.75, 3.05) is 32.8 Å². The summed E-state index contributed by atoms with van der Waals surface area (Å²) in [6.45, 7) is 3.76. The van der Waals surface area contributed by atoms with E-state index in [1.165, 1.54) is 23.3 Å². The van der Waals surface area contributed by atoms with Gasteiger partial charge < -0.3 is 10.1 Å². The Balaban J connectivity index is 1.47. The zero-order chi connectivity index (χ0) is 17.8. The number of ether oxygens (including phenoxy) is 1. The number of carbonyl (C=O) groups is 1. The predicted octanol–water partition coefficient (Wildman–Crippen LogP) is 2.83. The largest absolute Gasteiger partial charge is 0.379 e. The number of nitrogens with zero attached hydrogens (tertiary/aromatic N) is 2. The Labute approximate surface area is 158 Å². The van der Waals surface area contributed by atoms with E-state index < -0.39 is 0 Å². The predicted molar refractivity (Wildman–Crippen MR) is 103 cm³/mol. The molecule has 0 saturated carbocycles. The first-order chi connectivity index (χ1) is 12.8. The standard InChI is InChI=1S/C20H25N3O2S/c24-20(16-14-26-19-7-2-1-5-15(16)19)22-13-18(17-6-3-4-8-21-17)23-9-11-25-12-10-23/h3-4,6,8,14,18H,1-2,5,7,9-13H2,(H,22,24)/t18-/m1/s1. The van der Waals surface area contributed by atoms with Gasteiger partial charge in [0.25, 0.3) is 5.91 Å². The molecule has 0 aromatic carbocycles. The number of aromatic nitrogens is 1. The second-order valence-electron chi connectivity index (χ2n) is 6.89. The molecule has 138 valence electrons. The Morgan fingerprint density at radius 1 is 1.27 bits per heavy atom. The number of rotatable bonds is 5. The topological polar surface area (TPSA) is 54.5 Å². The number of pyridine rings is 1. The van der Waals surface area contributed by atoms with Crippen LogP contribution in [0, 0.1) is 0 Å². The fourth-order valence-corrected chi connectivity index (χ4v) is 4.98. The van der Waals surface area contributed by atoms with E-state index in [2.05, 4.69) is 15.2 Å². The van der Waals surface area contributed by atoms with Crippen molar-refractivity contribution in [1.82, 2.24) is 15.2 Å². The SMILES string of the molecule is O=C(NC[C@H](c1ccccn1)N1CCOCC1)c1csc2c1CCCC2. The molecule has 26 heavy (non-hydrogen) atoms. The van der Waals surface area contributed by atoms with Gasteiger partial charge in [0.1, 0.15) is 0 Å². The van der Waals surface area contributed by atoms with E-state index in [-0.39, 0.29) is 11.9 Å². The lowest BCUT2D eigenvalue weighted by Crippen LogP contribution is -2.44. The van der Waals surface area contributed by atoms with Gasteiger partial charge in [0.05, 0.1) is 30.5 Å². The second-order valence-corrected chi connectivity index (χ2v) is 7.85. The van der Waals surface area contributed by atoms with Crippen LogP contribution in [0.5, 0.6) is 0 Å². The van der Waals surface area contributed by atoms with Crippen molar-refractivity contribution in [3.05, 3.63) is 51.5 Å². The van der Waals surface area contributed by atoms with Crippen LogP contribution >= 0.6 is 11.3 Å². The first-order valence-electron chi connectivity index (χ1n) is 9.43. The Hall–Kier alpha value is -1.76. The lowest BCUT2D eigenvalue weighted by molar-refractivity contribution is 0.0154. The van der Waals surface area contributed by atoms with Gasteiger partial charge in [0.2, 0.25) is 0 Å². The molecule has 1 saturated heterocycles. The number of carbonyl (C=O) groups excluding carboxylic acids is 1. The van der Waals surface area contributed by atoms with Gasteiger partial charge in [0, 0.05) is 36.1 Å². The third-order valence-corrected chi connectivity index (χ3v) is 6.37. The molecular formula is C20H25N3O2S. The summed E-state index contributed by atoms with van der Waals surface area (Å²) in [5.41, 5.74) is 3.16. The van der Waals surface area contributed by atoms with E-state index in [4.69, 9.17) is 4.74 Å². The van der Waals surface area contributed by atoms with Crippen LogP contribution in [-0.2, 0) is 17.6 Å². The third-order valence-electron chi connectivity index (χ3n) is 5.28. The number of thiophene rings is 1. The summed E-state index contributed by atoms with van der Waals surface area (Å²) in [6, 6.07) is 6.06. The third kappa shape index (κ3) is 3.82. The summed E-state index contributed by atoms with van der Waals surface area (Å²) < 4.78 is 5.48. The van der Waals surface area contributed by atoms with E-state index in [1.807, 2.05) is 29.8 Å². The van der Waals surface area contributed by atoms with Crippen molar-refractivity contribution in [1.29, 1.82) is 0 Å². The lowest BCUT2D eigenvalue weighted by atomic mass is 9.95. The van der Waals surface area contributed by atoms with Crippen molar-refractivity contribution in [3.8, 4) is 0 Å². The summed E-state index contributed by atoms with van der Waals surface area (Å²) in [5.74, 6) is 0.0543. The molecule has 1 aliphatic heterocycles. The average Bonchev–Trinajstić information content (AvgIpc) is 3.14. The van der Waals surface area contributed by atoms with E-state index in [0.29, 0.717) is 6.54 Å². The molecule has 1 atom stereocenters. The molecule has 6 heteroatoms. The van der Waals surface area contributed by atoms with E-state index in [9.17, 15) is 4.79 Å². The zero-order valence-electron chi connectivity index (χ0n) is 14.9. The first kappa shape index (κ1) is 17.6. The number of amides is 1. The van der Waals surface area contributed by atoms with Crippen molar-refractivity contribution in [2.24, 2.45) is 0 Å². The van der Waals surface area contributed by atoms with Crippen LogP contribution in [0.25, 0.3) is 0 Å². The zero-order valence-corrected chi connectivity index (χ0v) is 15.8. The maximum atomic E-state index is 12.8.